The van der Waals surface area contributed by atoms with Gasteiger partial charge in [-0.2, -0.15) is 0 Å². The van der Waals surface area contributed by atoms with Crippen molar-refractivity contribution in [2.24, 2.45) is 5.73 Å². The summed E-state index contributed by atoms with van der Waals surface area (Å²) in [6.07, 6.45) is 3.60. The van der Waals surface area contributed by atoms with Gasteiger partial charge in [0.2, 0.25) is 0 Å². The molecule has 3 atom stereocenters. The van der Waals surface area contributed by atoms with Gasteiger partial charge in [0.15, 0.2) is 0 Å². The molecule has 1 aliphatic rings. The third kappa shape index (κ3) is 3.23. The molecule has 1 aromatic heterocycles. The van der Waals surface area contributed by atoms with E-state index >= 15 is 0 Å². The molecule has 21 heavy (non-hydrogen) atoms. The average molecular weight is 297 g/mol. The molecular weight excluding hydrogens is 278 g/mol. The van der Waals surface area contributed by atoms with Crippen LogP contribution in [-0.4, -0.2) is 42.6 Å². The predicted molar refractivity (Wildman–Crippen MR) is 75.7 cm³/mol. The van der Waals surface area contributed by atoms with Crippen LogP contribution in [0.5, 0.6) is 0 Å². The molecule has 116 valence electrons. The quantitative estimate of drug-likeness (QED) is 0.752. The lowest BCUT2D eigenvalue weighted by Gasteiger charge is -2.16. The molecule has 0 amide bonds. The number of nitrogens with two attached hydrogens (primary N) is 1. The Kier molecular flexibility index (Phi) is 4.94. The number of nitrogens with one attached hydrogen (secondary N) is 1. The monoisotopic (exact) mass is 297 g/mol. The summed E-state index contributed by atoms with van der Waals surface area (Å²) < 4.78 is 17.5. The molecule has 1 aromatic rings. The predicted octanol–water partition coefficient (Wildman–Crippen LogP) is -0.585. The topological polar surface area (TPSA) is 109 Å². The Bertz CT molecular complexity index is 621. The summed E-state index contributed by atoms with van der Waals surface area (Å²) in [4.78, 5) is 25.8. The number of methoxy groups -OCH3 is 2. The first-order valence-electron chi connectivity index (χ1n) is 6.51. The van der Waals surface area contributed by atoms with Gasteiger partial charge in [-0.05, 0) is 12.3 Å². The van der Waals surface area contributed by atoms with Crippen LogP contribution in [0.3, 0.4) is 0 Å². The third-order valence-electron chi connectivity index (χ3n) is 3.40. The lowest BCUT2D eigenvalue weighted by molar-refractivity contribution is -0.0618. The van der Waals surface area contributed by atoms with Crippen molar-refractivity contribution >= 4 is 6.08 Å². The average Bonchev–Trinajstić information content (AvgIpc) is 2.85. The summed E-state index contributed by atoms with van der Waals surface area (Å²) in [6, 6.07) is 0. The van der Waals surface area contributed by atoms with Crippen molar-refractivity contribution in [1.82, 2.24) is 9.55 Å². The van der Waals surface area contributed by atoms with Gasteiger partial charge in [0.1, 0.15) is 12.3 Å². The Labute approximate surface area is 121 Å². The van der Waals surface area contributed by atoms with Crippen molar-refractivity contribution in [2.45, 2.75) is 24.9 Å². The normalized spacial score (nSPS) is 25.7. The molecule has 0 aromatic carbocycles. The third-order valence-corrected chi connectivity index (χ3v) is 3.40. The van der Waals surface area contributed by atoms with Crippen molar-refractivity contribution in [1.29, 1.82) is 0 Å². The van der Waals surface area contributed by atoms with E-state index in [9.17, 15) is 9.59 Å². The fourth-order valence-electron chi connectivity index (χ4n) is 2.37. The summed E-state index contributed by atoms with van der Waals surface area (Å²) >= 11 is 0. The number of nitrogens with zero attached hydrogens (tertiary/aromatic N) is 1. The van der Waals surface area contributed by atoms with Crippen molar-refractivity contribution in [3.63, 3.8) is 0 Å². The molecule has 1 fully saturated rings. The van der Waals surface area contributed by atoms with Crippen molar-refractivity contribution in [3.8, 4) is 0 Å². The highest BCUT2D eigenvalue weighted by Crippen LogP contribution is 2.29. The molecule has 8 heteroatoms. The zero-order chi connectivity index (χ0) is 15.4. The molecule has 3 N–H and O–H groups in total. The number of hydrogen-bond acceptors (Lipinski definition) is 6. The lowest BCUT2D eigenvalue weighted by Crippen LogP contribution is -2.33. The molecule has 8 nitrogen and oxygen atoms in total. The van der Waals surface area contributed by atoms with Gasteiger partial charge in [-0.3, -0.25) is 14.3 Å². The minimum atomic E-state index is -0.535. The Morgan fingerprint density at radius 1 is 1.52 bits per heavy atom. The van der Waals surface area contributed by atoms with Gasteiger partial charge < -0.3 is 19.9 Å². The number of aromatic nitrogens is 2. The highest BCUT2D eigenvalue weighted by atomic mass is 16.6. The van der Waals surface area contributed by atoms with Gasteiger partial charge >= 0.3 is 5.69 Å². The second-order valence-corrected chi connectivity index (χ2v) is 4.70. The van der Waals surface area contributed by atoms with Crippen LogP contribution < -0.4 is 17.0 Å². The van der Waals surface area contributed by atoms with Crippen molar-refractivity contribution in [2.75, 3.05) is 20.8 Å². The Balaban J connectivity index is 2.32. The van der Waals surface area contributed by atoms with E-state index in [1.807, 2.05) is 0 Å². The van der Waals surface area contributed by atoms with Crippen molar-refractivity contribution < 1.29 is 14.2 Å². The van der Waals surface area contributed by atoms with E-state index in [-0.39, 0.29) is 17.8 Å². The molecule has 0 bridgehead atoms. The molecule has 1 aliphatic heterocycles. The molecule has 0 radical (unpaired) electrons. The van der Waals surface area contributed by atoms with Gasteiger partial charge in [-0.25, -0.2) is 4.79 Å². The Morgan fingerprint density at radius 3 is 2.90 bits per heavy atom. The summed E-state index contributed by atoms with van der Waals surface area (Å²) in [7, 11) is 3.15. The Morgan fingerprint density at radius 2 is 2.29 bits per heavy atom. The molecule has 1 unspecified atom stereocenters. The molecule has 1 saturated heterocycles. The molecule has 0 saturated carbocycles. The summed E-state index contributed by atoms with van der Waals surface area (Å²) in [6.45, 7) is 0.364. The second-order valence-electron chi connectivity index (χ2n) is 4.70. The number of rotatable bonds is 5. The van der Waals surface area contributed by atoms with Crippen molar-refractivity contribution in [3.05, 3.63) is 38.8 Å². The maximum atomic E-state index is 11.9. The van der Waals surface area contributed by atoms with Gasteiger partial charge in [0.05, 0.1) is 18.3 Å². The van der Waals surface area contributed by atoms with E-state index in [1.54, 1.807) is 14.2 Å². The van der Waals surface area contributed by atoms with Crippen LogP contribution in [0.25, 0.3) is 6.08 Å². The minimum absolute atomic E-state index is 0.178. The highest BCUT2D eigenvalue weighted by molar-refractivity contribution is 5.45. The van der Waals surface area contributed by atoms with Gasteiger partial charge in [0.25, 0.3) is 5.56 Å². The summed E-state index contributed by atoms with van der Waals surface area (Å²) in [5, 5.41) is 0. The Hall–Kier alpha value is -1.90. The summed E-state index contributed by atoms with van der Waals surface area (Å²) in [5.41, 5.74) is 4.54. The van der Waals surface area contributed by atoms with Crippen LogP contribution in [0.1, 0.15) is 18.2 Å². The minimum Gasteiger partial charge on any atom is -0.405 e. The van der Waals surface area contributed by atoms with Crippen LogP contribution in [0.15, 0.2) is 22.0 Å². The fraction of sp³-hybridized carbons (Fsp3) is 0.538. The first kappa shape index (κ1) is 15.5. The second kappa shape index (κ2) is 6.70. The molecular formula is C13H19N3O5. The molecule has 0 spiro atoms. The van der Waals surface area contributed by atoms with Crippen LogP contribution in [0, 0.1) is 0 Å². The van der Waals surface area contributed by atoms with E-state index in [0.29, 0.717) is 13.0 Å². The largest absolute Gasteiger partial charge is 0.405 e. The van der Waals surface area contributed by atoms with E-state index in [1.165, 1.54) is 23.0 Å². The fourth-order valence-corrected chi connectivity index (χ4v) is 2.37. The van der Waals surface area contributed by atoms with E-state index < -0.39 is 17.5 Å². The first-order valence-corrected chi connectivity index (χ1v) is 6.51. The SMILES string of the molecule is COC[C@H]1O[C@@H](n2cc(/C=C\N)c(=O)[nH]c2=O)CC1OC. The summed E-state index contributed by atoms with van der Waals surface area (Å²) in [5.74, 6) is 0. The van der Waals surface area contributed by atoms with E-state index in [2.05, 4.69) is 4.98 Å². The van der Waals surface area contributed by atoms with Gasteiger partial charge in [0, 0.05) is 26.8 Å². The first-order chi connectivity index (χ1) is 10.1. The van der Waals surface area contributed by atoms with Crippen LogP contribution in [-0.2, 0) is 14.2 Å². The standard InChI is InChI=1S/C13H19N3O5/c1-19-7-10-9(20-2)5-11(21-10)16-6-8(3-4-14)12(17)15-13(16)18/h3-4,6,9-11H,5,7,14H2,1-2H3,(H,15,17,18)/b4-3-/t9?,10-,11-/m1/s1. The number of ether oxygens (including phenoxy) is 3. The van der Waals surface area contributed by atoms with Gasteiger partial charge in [-0.15, -0.1) is 0 Å². The molecule has 0 aliphatic carbocycles. The van der Waals surface area contributed by atoms with Crippen LogP contribution in [0.4, 0.5) is 0 Å². The maximum Gasteiger partial charge on any atom is 0.330 e. The highest BCUT2D eigenvalue weighted by Gasteiger charge is 2.36. The van der Waals surface area contributed by atoms with Gasteiger partial charge in [-0.1, -0.05) is 0 Å². The zero-order valence-corrected chi connectivity index (χ0v) is 11.9. The lowest BCUT2D eigenvalue weighted by atomic mass is 10.2. The van der Waals surface area contributed by atoms with E-state index in [4.69, 9.17) is 19.9 Å². The smallest absolute Gasteiger partial charge is 0.330 e. The number of hydrogen-bond donors (Lipinski definition) is 2. The maximum absolute atomic E-state index is 11.9. The molecule has 2 heterocycles. The molecule has 2 rings (SSSR count). The number of aromatic amines is 1. The van der Waals surface area contributed by atoms with Crippen LogP contribution >= 0.6 is 0 Å². The van der Waals surface area contributed by atoms with Crippen LogP contribution in [0.2, 0.25) is 0 Å². The number of H-pyrrole nitrogens is 1. The zero-order valence-electron chi connectivity index (χ0n) is 11.9. The van der Waals surface area contributed by atoms with E-state index in [0.717, 1.165) is 0 Å².